The summed E-state index contributed by atoms with van der Waals surface area (Å²) in [5.41, 5.74) is 14.8. The van der Waals surface area contributed by atoms with Crippen LogP contribution in [0.25, 0.3) is 134 Å². The summed E-state index contributed by atoms with van der Waals surface area (Å²) in [6, 6.07) is 92.9. The summed E-state index contributed by atoms with van der Waals surface area (Å²) in [6.07, 6.45) is 0. The highest BCUT2D eigenvalue weighted by molar-refractivity contribution is 6.23. The van der Waals surface area contributed by atoms with E-state index in [1.165, 1.54) is 32.7 Å². The number of hydrogen-bond acceptors (Lipinski definition) is 6. The second kappa shape index (κ2) is 19.3. The molecule has 13 rings (SSSR count). The predicted molar refractivity (Wildman–Crippen MR) is 303 cm³/mol. The quantitative estimate of drug-likeness (QED) is 0.127. The van der Waals surface area contributed by atoms with Crippen molar-refractivity contribution in [3.8, 4) is 113 Å². The number of hydrogen-bond donors (Lipinski definition) is 0. The SMILES string of the molecule is c1ccc(-c2nc(-c3ccccc3)nc(-c3ccc(-c4ccccc4-c4c5ccccc5c(-c5ccccc5-c5ccc(-c6nc(-c7ccccc7)nc(-c7ccccc7)n6)cc5)c5ccccc45)cc3)n2)cc1. The van der Waals surface area contributed by atoms with E-state index >= 15 is 0 Å². The zero-order valence-corrected chi connectivity index (χ0v) is 40.1. The van der Waals surface area contributed by atoms with Crippen LogP contribution in [0.1, 0.15) is 0 Å². The molecule has 0 aliphatic rings. The number of benzene rings is 11. The van der Waals surface area contributed by atoms with E-state index in [2.05, 4.69) is 146 Å². The number of nitrogens with zero attached hydrogens (tertiary/aromatic N) is 6. The van der Waals surface area contributed by atoms with E-state index in [4.69, 9.17) is 29.9 Å². The van der Waals surface area contributed by atoms with Gasteiger partial charge in [-0.15, -0.1) is 0 Å². The van der Waals surface area contributed by atoms with Crippen LogP contribution in [0.4, 0.5) is 0 Å². The normalized spacial score (nSPS) is 11.2. The second-order valence-electron chi connectivity index (χ2n) is 18.2. The molecule has 346 valence electrons. The van der Waals surface area contributed by atoms with Crippen molar-refractivity contribution in [1.29, 1.82) is 0 Å². The maximum Gasteiger partial charge on any atom is 0.164 e. The minimum Gasteiger partial charge on any atom is -0.208 e. The van der Waals surface area contributed by atoms with Gasteiger partial charge in [0.1, 0.15) is 0 Å². The zero-order valence-electron chi connectivity index (χ0n) is 40.1. The fourth-order valence-corrected chi connectivity index (χ4v) is 10.1. The van der Waals surface area contributed by atoms with Crippen LogP contribution in [0.3, 0.4) is 0 Å². The first-order valence-electron chi connectivity index (χ1n) is 24.8. The van der Waals surface area contributed by atoms with Gasteiger partial charge >= 0.3 is 0 Å². The van der Waals surface area contributed by atoms with Gasteiger partial charge in [-0.05, 0) is 66.1 Å². The van der Waals surface area contributed by atoms with Crippen LogP contribution >= 0.6 is 0 Å². The first-order valence-corrected chi connectivity index (χ1v) is 24.8. The zero-order chi connectivity index (χ0) is 49.2. The van der Waals surface area contributed by atoms with Gasteiger partial charge in [-0.3, -0.25) is 0 Å². The van der Waals surface area contributed by atoms with Gasteiger partial charge in [-0.1, -0.05) is 267 Å². The van der Waals surface area contributed by atoms with E-state index in [0.29, 0.717) is 34.9 Å². The summed E-state index contributed by atoms with van der Waals surface area (Å²) >= 11 is 0. The molecule has 0 bridgehead atoms. The topological polar surface area (TPSA) is 77.3 Å². The monoisotopic (exact) mass is 944 g/mol. The van der Waals surface area contributed by atoms with Crippen molar-refractivity contribution in [2.24, 2.45) is 0 Å². The van der Waals surface area contributed by atoms with Gasteiger partial charge in [0.2, 0.25) is 0 Å². The highest BCUT2D eigenvalue weighted by Gasteiger charge is 2.22. The molecule has 0 N–H and O–H groups in total. The van der Waals surface area contributed by atoms with E-state index < -0.39 is 0 Å². The highest BCUT2D eigenvalue weighted by atomic mass is 15.0. The molecule has 0 fully saturated rings. The average molecular weight is 945 g/mol. The Hall–Kier alpha value is -10.0. The molecule has 0 unspecified atom stereocenters. The lowest BCUT2D eigenvalue weighted by atomic mass is 9.82. The van der Waals surface area contributed by atoms with Gasteiger partial charge in [0.25, 0.3) is 0 Å². The smallest absolute Gasteiger partial charge is 0.164 e. The highest BCUT2D eigenvalue weighted by Crippen LogP contribution is 2.48. The molecule has 0 saturated carbocycles. The van der Waals surface area contributed by atoms with Crippen LogP contribution < -0.4 is 0 Å². The van der Waals surface area contributed by atoms with Crippen LogP contribution in [-0.4, -0.2) is 29.9 Å². The van der Waals surface area contributed by atoms with E-state index in [1.54, 1.807) is 0 Å². The van der Waals surface area contributed by atoms with Crippen LogP contribution in [0.5, 0.6) is 0 Å². The molecule has 74 heavy (non-hydrogen) atoms. The molecule has 6 nitrogen and oxygen atoms in total. The minimum absolute atomic E-state index is 0.624. The molecule has 2 heterocycles. The van der Waals surface area contributed by atoms with E-state index in [1.807, 2.05) is 121 Å². The van der Waals surface area contributed by atoms with Crippen molar-refractivity contribution in [1.82, 2.24) is 29.9 Å². The number of fused-ring (bicyclic) bond motifs is 2. The summed E-state index contributed by atoms with van der Waals surface area (Å²) in [5, 5.41) is 4.73. The van der Waals surface area contributed by atoms with Gasteiger partial charge in [0.05, 0.1) is 0 Å². The van der Waals surface area contributed by atoms with Crippen molar-refractivity contribution in [3.05, 3.63) is 267 Å². The van der Waals surface area contributed by atoms with Crippen molar-refractivity contribution in [2.75, 3.05) is 0 Å². The first-order chi connectivity index (χ1) is 36.7. The lowest BCUT2D eigenvalue weighted by Gasteiger charge is -2.21. The number of rotatable bonds is 10. The van der Waals surface area contributed by atoms with Crippen molar-refractivity contribution < 1.29 is 0 Å². The Bertz CT molecular complexity index is 3700. The van der Waals surface area contributed by atoms with Crippen LogP contribution in [0.2, 0.25) is 0 Å². The molecule has 11 aromatic carbocycles. The summed E-state index contributed by atoms with van der Waals surface area (Å²) in [6.45, 7) is 0. The fourth-order valence-electron chi connectivity index (χ4n) is 10.1. The van der Waals surface area contributed by atoms with Crippen LogP contribution in [-0.2, 0) is 0 Å². The lowest BCUT2D eigenvalue weighted by Crippen LogP contribution is -2.00. The van der Waals surface area contributed by atoms with Crippen LogP contribution in [0, 0.1) is 0 Å². The van der Waals surface area contributed by atoms with Crippen molar-refractivity contribution in [2.45, 2.75) is 0 Å². The summed E-state index contributed by atoms with van der Waals surface area (Å²) in [4.78, 5) is 29.8. The Morgan fingerprint density at radius 3 is 0.595 bits per heavy atom. The number of aromatic nitrogens is 6. The average Bonchev–Trinajstić information content (AvgIpc) is 3.49. The summed E-state index contributed by atoms with van der Waals surface area (Å²) in [5.74, 6) is 3.80. The molecule has 0 aliphatic heterocycles. The fraction of sp³-hybridized carbons (Fsp3) is 0. The third kappa shape index (κ3) is 8.36. The van der Waals surface area contributed by atoms with Gasteiger partial charge in [-0.25, -0.2) is 29.9 Å². The van der Waals surface area contributed by atoms with Gasteiger partial charge in [-0.2, -0.15) is 0 Å². The molecule has 0 saturated heterocycles. The molecular formula is C68H44N6. The standard InChI is InChI=1S/C68H44N6/c1-5-21-47(22-6-1)63-69-64(48-23-7-2-8-24-48)72-67(71-63)51-41-37-45(38-42-51)53-29-13-15-31-55(53)61-57-33-17-19-35-59(57)62(60-36-20-18-34-58(60)61)56-32-16-14-30-54(56)46-39-43-52(44-40-46)68-73-65(49-25-9-3-10-26-49)70-66(74-68)50-27-11-4-12-28-50/h1-44H. The third-order valence-electron chi connectivity index (χ3n) is 13.6. The van der Waals surface area contributed by atoms with Gasteiger partial charge < -0.3 is 0 Å². The second-order valence-corrected chi connectivity index (χ2v) is 18.2. The molecule has 0 spiro atoms. The molecule has 0 radical (unpaired) electrons. The Morgan fingerprint density at radius 1 is 0.149 bits per heavy atom. The third-order valence-corrected chi connectivity index (χ3v) is 13.6. The molecule has 6 heteroatoms. The maximum absolute atomic E-state index is 5.01. The van der Waals surface area contributed by atoms with Crippen molar-refractivity contribution in [3.63, 3.8) is 0 Å². The van der Waals surface area contributed by atoms with Crippen LogP contribution in [0.15, 0.2) is 267 Å². The summed E-state index contributed by atoms with van der Waals surface area (Å²) in [7, 11) is 0. The Balaban J connectivity index is 0.896. The first kappa shape index (κ1) is 43.9. The van der Waals surface area contributed by atoms with E-state index in [-0.39, 0.29) is 0 Å². The predicted octanol–water partition coefficient (Wildman–Crippen LogP) is 17.0. The largest absolute Gasteiger partial charge is 0.208 e. The van der Waals surface area contributed by atoms with E-state index in [0.717, 1.165) is 66.8 Å². The summed E-state index contributed by atoms with van der Waals surface area (Å²) < 4.78 is 0. The molecule has 0 amide bonds. The van der Waals surface area contributed by atoms with Gasteiger partial charge in [0.15, 0.2) is 34.9 Å². The molecular weight excluding hydrogens is 901 g/mol. The molecule has 2 aromatic heterocycles. The Labute approximate surface area is 429 Å². The van der Waals surface area contributed by atoms with Gasteiger partial charge in [0, 0.05) is 33.4 Å². The molecule has 0 aliphatic carbocycles. The van der Waals surface area contributed by atoms with E-state index in [9.17, 15) is 0 Å². The maximum atomic E-state index is 5.01. The molecule has 0 atom stereocenters. The Kier molecular flexibility index (Phi) is 11.4. The molecule has 13 aromatic rings. The minimum atomic E-state index is 0.624. The van der Waals surface area contributed by atoms with Crippen molar-refractivity contribution >= 4 is 21.5 Å². The lowest BCUT2D eigenvalue weighted by molar-refractivity contribution is 1.07. The Morgan fingerprint density at radius 2 is 0.338 bits per heavy atom.